The van der Waals surface area contributed by atoms with Gasteiger partial charge in [0.1, 0.15) is 5.76 Å². The Morgan fingerprint density at radius 2 is 1.81 bits per heavy atom. The first kappa shape index (κ1) is 22.9. The van der Waals surface area contributed by atoms with Crippen molar-refractivity contribution in [2.45, 2.75) is 33.1 Å². The maximum Gasteiger partial charge on any atom is 0.416 e. The zero-order chi connectivity index (χ0) is 22.6. The summed E-state index contributed by atoms with van der Waals surface area (Å²) in [4.78, 5) is 12.8. The van der Waals surface area contributed by atoms with E-state index in [1.54, 1.807) is 13.1 Å². The molecule has 2 N–H and O–H groups in total. The van der Waals surface area contributed by atoms with Gasteiger partial charge in [-0.15, -0.1) is 0 Å². The fraction of sp³-hybridized carbons (Fsp3) is 0.524. The van der Waals surface area contributed by atoms with Gasteiger partial charge < -0.3 is 24.9 Å². The molecule has 1 aromatic heterocycles. The van der Waals surface area contributed by atoms with E-state index in [0.29, 0.717) is 24.0 Å². The van der Waals surface area contributed by atoms with Gasteiger partial charge in [-0.2, -0.15) is 13.2 Å². The Bertz CT molecular complexity index is 897. The van der Waals surface area contributed by atoms with Crippen molar-refractivity contribution in [3.8, 4) is 0 Å². The van der Waals surface area contributed by atoms with Crippen molar-refractivity contribution in [3.63, 3.8) is 0 Å². The van der Waals surface area contributed by atoms with Crippen molar-refractivity contribution < 1.29 is 17.6 Å². The van der Waals surface area contributed by atoms with Crippen LogP contribution in [0.5, 0.6) is 0 Å². The molecule has 7 nitrogen and oxygen atoms in total. The van der Waals surface area contributed by atoms with E-state index >= 15 is 0 Å². The van der Waals surface area contributed by atoms with Crippen LogP contribution < -0.4 is 15.5 Å². The zero-order valence-corrected chi connectivity index (χ0v) is 18.3. The average molecular weight is 438 g/mol. The van der Waals surface area contributed by atoms with Crippen LogP contribution in [0, 0.1) is 13.8 Å². The lowest BCUT2D eigenvalue weighted by molar-refractivity contribution is -0.137. The van der Waals surface area contributed by atoms with Gasteiger partial charge in [0.05, 0.1) is 17.8 Å². The van der Waals surface area contributed by atoms with Crippen LogP contribution in [0.25, 0.3) is 0 Å². The van der Waals surface area contributed by atoms with Crippen molar-refractivity contribution in [3.05, 3.63) is 46.7 Å². The Hall–Kier alpha value is -2.75. The second-order valence-corrected chi connectivity index (χ2v) is 7.66. The first-order valence-corrected chi connectivity index (χ1v) is 10.2. The Morgan fingerprint density at radius 1 is 1.13 bits per heavy atom. The van der Waals surface area contributed by atoms with Crippen LogP contribution in [0.15, 0.2) is 27.6 Å². The number of aromatic nitrogens is 1. The number of nitrogens with one attached hydrogen (secondary N) is 2. The predicted molar refractivity (Wildman–Crippen MR) is 114 cm³/mol. The van der Waals surface area contributed by atoms with Crippen LogP contribution in [0.3, 0.4) is 0 Å². The van der Waals surface area contributed by atoms with E-state index in [4.69, 9.17) is 4.42 Å². The second kappa shape index (κ2) is 9.59. The summed E-state index contributed by atoms with van der Waals surface area (Å²) in [5, 5.41) is 6.20. The minimum Gasteiger partial charge on any atom is -0.444 e. The van der Waals surface area contributed by atoms with Crippen LogP contribution >= 0.6 is 0 Å². The van der Waals surface area contributed by atoms with Crippen molar-refractivity contribution in [1.82, 2.24) is 20.5 Å². The van der Waals surface area contributed by atoms with Gasteiger partial charge in [-0.1, -0.05) is 0 Å². The molecule has 0 aliphatic carbocycles. The highest BCUT2D eigenvalue weighted by molar-refractivity contribution is 5.79. The number of likely N-dealkylation sites (N-methyl/N-ethyl adjacent to an activating group) is 1. The van der Waals surface area contributed by atoms with Crippen LogP contribution in [0.1, 0.15) is 28.5 Å². The standard InChI is InChI=1S/C21H29F3N6O/c1-14-15(2)31-19(28-14)13-27-20(25-3)26-12-16-11-17(21(22,23)24)5-6-18(16)30-9-7-29(4)8-10-30/h5-6,11H,7-10,12-13H2,1-4H3,(H2,25,26,27). The molecule has 10 heteroatoms. The van der Waals surface area contributed by atoms with Gasteiger partial charge in [0.15, 0.2) is 5.96 Å². The van der Waals surface area contributed by atoms with Gasteiger partial charge in [0, 0.05) is 45.5 Å². The Labute approximate surface area is 180 Å². The summed E-state index contributed by atoms with van der Waals surface area (Å²) in [6.07, 6.45) is -4.39. The number of guanidine groups is 1. The molecular weight excluding hydrogens is 409 g/mol. The highest BCUT2D eigenvalue weighted by Crippen LogP contribution is 2.33. The van der Waals surface area contributed by atoms with E-state index < -0.39 is 11.7 Å². The van der Waals surface area contributed by atoms with Gasteiger partial charge in [0.25, 0.3) is 0 Å². The number of aryl methyl sites for hydroxylation is 2. The molecule has 0 bridgehead atoms. The van der Waals surface area contributed by atoms with Gasteiger partial charge in [0.2, 0.25) is 5.89 Å². The van der Waals surface area contributed by atoms with E-state index in [9.17, 15) is 13.2 Å². The molecule has 2 heterocycles. The normalized spacial score (nSPS) is 16.0. The molecule has 2 aromatic rings. The van der Waals surface area contributed by atoms with E-state index in [1.165, 1.54) is 6.07 Å². The van der Waals surface area contributed by atoms with Crippen LogP contribution in [-0.2, 0) is 19.3 Å². The maximum atomic E-state index is 13.3. The maximum absolute atomic E-state index is 13.3. The number of hydrogen-bond donors (Lipinski definition) is 2. The topological polar surface area (TPSA) is 68.9 Å². The Kier molecular flexibility index (Phi) is 7.09. The molecule has 31 heavy (non-hydrogen) atoms. The highest BCUT2D eigenvalue weighted by Gasteiger charge is 2.31. The molecule has 1 fully saturated rings. The summed E-state index contributed by atoms with van der Waals surface area (Å²) in [7, 11) is 3.65. The largest absolute Gasteiger partial charge is 0.444 e. The average Bonchev–Trinajstić information content (AvgIpc) is 3.05. The van der Waals surface area contributed by atoms with Crippen LogP contribution in [0.2, 0.25) is 0 Å². The first-order chi connectivity index (χ1) is 14.7. The number of aliphatic imine (C=N–C) groups is 1. The summed E-state index contributed by atoms with van der Waals surface area (Å²) < 4.78 is 45.5. The van der Waals surface area contributed by atoms with E-state index in [0.717, 1.165) is 49.4 Å². The number of alkyl halides is 3. The summed E-state index contributed by atoms with van der Waals surface area (Å²) in [6.45, 7) is 7.50. The molecule has 0 unspecified atom stereocenters. The quantitative estimate of drug-likeness (QED) is 0.553. The van der Waals surface area contributed by atoms with Gasteiger partial charge >= 0.3 is 6.18 Å². The fourth-order valence-electron chi connectivity index (χ4n) is 3.43. The molecule has 0 amide bonds. The number of halogens is 3. The van der Waals surface area contributed by atoms with E-state index in [-0.39, 0.29) is 6.54 Å². The Balaban J connectivity index is 1.72. The van der Waals surface area contributed by atoms with Crippen molar-refractivity contribution >= 4 is 11.6 Å². The summed E-state index contributed by atoms with van der Waals surface area (Å²) in [5.74, 6) is 1.73. The van der Waals surface area contributed by atoms with E-state index in [2.05, 4.69) is 30.4 Å². The number of benzene rings is 1. The molecule has 1 aromatic carbocycles. The third-order valence-corrected chi connectivity index (χ3v) is 5.40. The molecule has 1 aliphatic rings. The first-order valence-electron chi connectivity index (χ1n) is 10.2. The van der Waals surface area contributed by atoms with Crippen LogP contribution in [0.4, 0.5) is 18.9 Å². The highest BCUT2D eigenvalue weighted by atomic mass is 19.4. The fourth-order valence-corrected chi connectivity index (χ4v) is 3.43. The molecule has 3 rings (SSSR count). The van der Waals surface area contributed by atoms with Gasteiger partial charge in [-0.3, -0.25) is 4.99 Å². The number of nitrogens with zero attached hydrogens (tertiary/aromatic N) is 4. The number of rotatable bonds is 5. The number of hydrogen-bond acceptors (Lipinski definition) is 5. The third kappa shape index (κ3) is 5.90. The number of anilines is 1. The summed E-state index contributed by atoms with van der Waals surface area (Å²) in [5.41, 5.74) is 1.55. The zero-order valence-electron chi connectivity index (χ0n) is 18.3. The second-order valence-electron chi connectivity index (χ2n) is 7.66. The minimum atomic E-state index is -4.39. The SMILES string of the molecule is CN=C(NCc1nc(C)c(C)o1)NCc1cc(C(F)(F)F)ccc1N1CCN(C)CC1. The van der Waals surface area contributed by atoms with Crippen LogP contribution in [-0.4, -0.2) is 56.1 Å². The van der Waals surface area contributed by atoms with Gasteiger partial charge in [-0.05, 0) is 44.7 Å². The molecule has 170 valence electrons. The van der Waals surface area contributed by atoms with Crippen molar-refractivity contribution in [2.24, 2.45) is 4.99 Å². The Morgan fingerprint density at radius 3 is 2.39 bits per heavy atom. The third-order valence-electron chi connectivity index (χ3n) is 5.40. The lowest BCUT2D eigenvalue weighted by Gasteiger charge is -2.35. The van der Waals surface area contributed by atoms with E-state index in [1.807, 2.05) is 20.9 Å². The van der Waals surface area contributed by atoms with Gasteiger partial charge in [-0.25, -0.2) is 4.98 Å². The lowest BCUT2D eigenvalue weighted by atomic mass is 10.1. The molecular formula is C21H29F3N6O. The molecule has 0 spiro atoms. The molecule has 0 atom stereocenters. The molecule has 1 aliphatic heterocycles. The monoisotopic (exact) mass is 438 g/mol. The number of piperazine rings is 1. The molecule has 0 saturated carbocycles. The minimum absolute atomic E-state index is 0.203. The van der Waals surface area contributed by atoms with Crippen molar-refractivity contribution in [2.75, 3.05) is 45.2 Å². The molecule has 0 radical (unpaired) electrons. The smallest absolute Gasteiger partial charge is 0.416 e. The number of oxazole rings is 1. The summed E-state index contributed by atoms with van der Waals surface area (Å²) in [6, 6.07) is 3.94. The predicted octanol–water partition coefficient (Wildman–Crippen LogP) is 2.93. The summed E-state index contributed by atoms with van der Waals surface area (Å²) >= 11 is 0. The van der Waals surface area contributed by atoms with Crippen molar-refractivity contribution in [1.29, 1.82) is 0 Å². The molecule has 1 saturated heterocycles. The lowest BCUT2D eigenvalue weighted by Crippen LogP contribution is -2.45.